The molecular formula is C21H20FN3O2. The first-order valence-electron chi connectivity index (χ1n) is 8.94. The number of imidazole rings is 1. The molecule has 0 radical (unpaired) electrons. The maximum absolute atomic E-state index is 13.4. The van der Waals surface area contributed by atoms with E-state index in [-0.39, 0.29) is 11.7 Å². The summed E-state index contributed by atoms with van der Waals surface area (Å²) in [6, 6.07) is 15.7. The number of nitrogens with one attached hydrogen (secondary N) is 1. The van der Waals surface area contributed by atoms with Gasteiger partial charge in [0, 0.05) is 24.9 Å². The predicted molar refractivity (Wildman–Crippen MR) is 99.3 cm³/mol. The van der Waals surface area contributed by atoms with E-state index < -0.39 is 6.10 Å². The molecule has 2 heterocycles. The molecule has 0 saturated carbocycles. The maximum atomic E-state index is 13.4. The molecule has 4 rings (SSSR count). The highest BCUT2D eigenvalue weighted by molar-refractivity contribution is 5.81. The number of halogens is 1. The summed E-state index contributed by atoms with van der Waals surface area (Å²) in [4.78, 5) is 22.0. The normalized spacial score (nSPS) is 14.7. The van der Waals surface area contributed by atoms with E-state index in [9.17, 15) is 14.3 Å². The van der Waals surface area contributed by atoms with E-state index in [4.69, 9.17) is 0 Å². The minimum atomic E-state index is -1.07. The van der Waals surface area contributed by atoms with Gasteiger partial charge in [-0.1, -0.05) is 42.5 Å². The summed E-state index contributed by atoms with van der Waals surface area (Å²) in [5.74, 6) is -0.00671. The molecule has 3 aromatic rings. The van der Waals surface area contributed by atoms with Crippen molar-refractivity contribution in [1.82, 2.24) is 14.9 Å². The van der Waals surface area contributed by atoms with E-state index in [1.807, 2.05) is 30.3 Å². The number of aromatic amines is 1. The number of hydrogen-bond acceptors (Lipinski definition) is 3. The first kappa shape index (κ1) is 17.4. The van der Waals surface area contributed by atoms with Crippen molar-refractivity contribution in [3.8, 4) is 11.4 Å². The van der Waals surface area contributed by atoms with Gasteiger partial charge in [0.25, 0.3) is 5.91 Å². The van der Waals surface area contributed by atoms with Crippen molar-refractivity contribution in [3.63, 3.8) is 0 Å². The molecule has 0 unspecified atom stereocenters. The zero-order valence-corrected chi connectivity index (χ0v) is 14.7. The number of nitrogens with zero attached hydrogens (tertiary/aromatic N) is 2. The summed E-state index contributed by atoms with van der Waals surface area (Å²) in [6.45, 7) is 0.869. The fourth-order valence-electron chi connectivity index (χ4n) is 3.39. The second-order valence-electron chi connectivity index (χ2n) is 6.74. The number of carbonyl (C=O) groups excluding carboxylic acids is 1. The molecule has 1 aliphatic rings. The first-order valence-corrected chi connectivity index (χ1v) is 8.94. The highest BCUT2D eigenvalue weighted by Crippen LogP contribution is 2.24. The zero-order valence-electron chi connectivity index (χ0n) is 14.7. The lowest BCUT2D eigenvalue weighted by molar-refractivity contribution is -0.141. The van der Waals surface area contributed by atoms with Gasteiger partial charge in [0.15, 0.2) is 0 Å². The maximum Gasteiger partial charge on any atom is 0.252 e. The minimum absolute atomic E-state index is 0.286. The number of aliphatic hydroxyl groups is 1. The minimum Gasteiger partial charge on any atom is -0.383 e. The molecular weight excluding hydrogens is 345 g/mol. The number of aromatic nitrogens is 2. The number of H-pyrrole nitrogens is 1. The lowest BCUT2D eigenvalue weighted by Gasteiger charge is -2.28. The van der Waals surface area contributed by atoms with Gasteiger partial charge in [0.05, 0.1) is 17.9 Å². The molecule has 1 aromatic heterocycles. The monoisotopic (exact) mass is 365 g/mol. The number of fused-ring (bicyclic) bond motifs is 1. The highest BCUT2D eigenvalue weighted by Gasteiger charge is 2.28. The Hall–Kier alpha value is -2.99. The summed E-state index contributed by atoms with van der Waals surface area (Å²) in [5, 5.41) is 10.3. The average Bonchev–Trinajstić information content (AvgIpc) is 3.11. The van der Waals surface area contributed by atoms with Crippen molar-refractivity contribution >= 4 is 5.91 Å². The topological polar surface area (TPSA) is 69.2 Å². The van der Waals surface area contributed by atoms with Gasteiger partial charge in [-0.2, -0.15) is 0 Å². The Kier molecular flexibility index (Phi) is 4.73. The molecule has 1 aliphatic heterocycles. The second kappa shape index (κ2) is 7.32. The molecule has 0 bridgehead atoms. The van der Waals surface area contributed by atoms with E-state index in [2.05, 4.69) is 9.97 Å². The lowest BCUT2D eigenvalue weighted by Crippen LogP contribution is -2.43. The first-order chi connectivity index (χ1) is 13.1. The number of benzene rings is 2. The standard InChI is InChI=1S/C21H20FN3O2/c22-16-8-4-7-15(12-16)20-23-17-9-10-25(13-18(17)24-20)21(27)19(26)11-14-5-2-1-3-6-14/h1-8,12,19,26H,9-11,13H2,(H,23,24)/t19-/m0/s1. The fourth-order valence-corrected chi connectivity index (χ4v) is 3.39. The van der Waals surface area contributed by atoms with Crippen LogP contribution in [0, 0.1) is 5.82 Å². The Bertz CT molecular complexity index is 955. The summed E-state index contributed by atoms with van der Waals surface area (Å²) >= 11 is 0. The molecule has 138 valence electrons. The van der Waals surface area contributed by atoms with E-state index in [0.29, 0.717) is 37.3 Å². The molecule has 2 aromatic carbocycles. The Morgan fingerprint density at radius 3 is 2.81 bits per heavy atom. The van der Waals surface area contributed by atoms with Crippen LogP contribution in [0.15, 0.2) is 54.6 Å². The number of aliphatic hydroxyl groups excluding tert-OH is 1. The Balaban J connectivity index is 1.47. The highest BCUT2D eigenvalue weighted by atomic mass is 19.1. The van der Waals surface area contributed by atoms with Crippen LogP contribution in [0.5, 0.6) is 0 Å². The third-order valence-corrected chi connectivity index (χ3v) is 4.80. The van der Waals surface area contributed by atoms with Gasteiger partial charge < -0.3 is 15.0 Å². The summed E-state index contributed by atoms with van der Waals surface area (Å²) in [5.41, 5.74) is 3.31. The smallest absolute Gasteiger partial charge is 0.252 e. The molecule has 0 saturated heterocycles. The van der Waals surface area contributed by atoms with Crippen molar-refractivity contribution in [2.24, 2.45) is 0 Å². The van der Waals surface area contributed by atoms with Gasteiger partial charge in [-0.3, -0.25) is 4.79 Å². The van der Waals surface area contributed by atoms with Crippen LogP contribution in [0.1, 0.15) is 17.0 Å². The SMILES string of the molecule is O=C([C@@H](O)Cc1ccccc1)N1CCc2nc(-c3cccc(F)c3)[nH]c2C1. The van der Waals surface area contributed by atoms with E-state index in [1.54, 1.807) is 17.0 Å². The van der Waals surface area contributed by atoms with Crippen LogP contribution in [0.3, 0.4) is 0 Å². The van der Waals surface area contributed by atoms with Crippen molar-refractivity contribution < 1.29 is 14.3 Å². The fraction of sp³-hybridized carbons (Fsp3) is 0.238. The number of rotatable bonds is 4. The largest absolute Gasteiger partial charge is 0.383 e. The van der Waals surface area contributed by atoms with Gasteiger partial charge >= 0.3 is 0 Å². The predicted octanol–water partition coefficient (Wildman–Crippen LogP) is 2.70. The van der Waals surface area contributed by atoms with Crippen LogP contribution in [0.4, 0.5) is 4.39 Å². The van der Waals surface area contributed by atoms with Crippen molar-refractivity contribution in [1.29, 1.82) is 0 Å². The lowest BCUT2D eigenvalue weighted by atomic mass is 10.1. The van der Waals surface area contributed by atoms with Crippen LogP contribution in [0.25, 0.3) is 11.4 Å². The number of amides is 1. The zero-order chi connectivity index (χ0) is 18.8. The van der Waals surface area contributed by atoms with Gasteiger partial charge in [-0.25, -0.2) is 9.37 Å². The van der Waals surface area contributed by atoms with E-state index in [1.165, 1.54) is 12.1 Å². The van der Waals surface area contributed by atoms with Crippen LogP contribution in [-0.2, 0) is 24.2 Å². The van der Waals surface area contributed by atoms with Crippen LogP contribution < -0.4 is 0 Å². The number of carbonyl (C=O) groups is 1. The van der Waals surface area contributed by atoms with Gasteiger partial charge in [-0.05, 0) is 17.7 Å². The molecule has 0 aliphatic carbocycles. The molecule has 27 heavy (non-hydrogen) atoms. The third-order valence-electron chi connectivity index (χ3n) is 4.80. The Morgan fingerprint density at radius 2 is 2.04 bits per heavy atom. The van der Waals surface area contributed by atoms with Gasteiger partial charge in [0.1, 0.15) is 17.7 Å². The molecule has 0 fully saturated rings. The van der Waals surface area contributed by atoms with Crippen molar-refractivity contribution in [2.45, 2.75) is 25.5 Å². The molecule has 1 atom stereocenters. The molecule has 6 heteroatoms. The Labute approximate surface area is 156 Å². The van der Waals surface area contributed by atoms with Crippen molar-refractivity contribution in [3.05, 3.63) is 77.4 Å². The summed E-state index contributed by atoms with van der Waals surface area (Å²) in [7, 11) is 0. The quantitative estimate of drug-likeness (QED) is 0.747. The Morgan fingerprint density at radius 1 is 1.22 bits per heavy atom. The summed E-state index contributed by atoms with van der Waals surface area (Å²) < 4.78 is 13.4. The number of hydrogen-bond donors (Lipinski definition) is 2. The second-order valence-corrected chi connectivity index (χ2v) is 6.74. The average molecular weight is 365 g/mol. The molecule has 2 N–H and O–H groups in total. The van der Waals surface area contributed by atoms with Crippen molar-refractivity contribution in [2.75, 3.05) is 6.54 Å². The van der Waals surface area contributed by atoms with E-state index >= 15 is 0 Å². The third kappa shape index (κ3) is 3.75. The van der Waals surface area contributed by atoms with E-state index in [0.717, 1.165) is 17.0 Å². The molecule has 5 nitrogen and oxygen atoms in total. The molecule has 1 amide bonds. The van der Waals surface area contributed by atoms with Gasteiger partial charge in [0.2, 0.25) is 0 Å². The van der Waals surface area contributed by atoms with Crippen LogP contribution >= 0.6 is 0 Å². The summed E-state index contributed by atoms with van der Waals surface area (Å²) in [6.07, 6.45) is -0.176. The van der Waals surface area contributed by atoms with Crippen LogP contribution in [0.2, 0.25) is 0 Å². The van der Waals surface area contributed by atoms with Crippen LogP contribution in [-0.4, -0.2) is 38.5 Å². The molecule has 0 spiro atoms. The van der Waals surface area contributed by atoms with Gasteiger partial charge in [-0.15, -0.1) is 0 Å².